The molecule has 0 aliphatic carbocycles. The van der Waals surface area contributed by atoms with E-state index in [0.29, 0.717) is 14.3 Å². The Morgan fingerprint density at radius 1 is 0.909 bits per heavy atom. The summed E-state index contributed by atoms with van der Waals surface area (Å²) in [4.78, 5) is 4.71. The lowest BCUT2D eigenvalue weighted by Crippen LogP contribution is -2.25. The van der Waals surface area contributed by atoms with Gasteiger partial charge in [0.25, 0.3) is 0 Å². The van der Waals surface area contributed by atoms with Crippen LogP contribution in [0.5, 0.6) is 5.75 Å². The number of aliphatic imine (C=N–C) groups is 1. The van der Waals surface area contributed by atoms with Crippen molar-refractivity contribution >= 4 is 19.6 Å². The fourth-order valence-electron chi connectivity index (χ4n) is 4.29. The van der Waals surface area contributed by atoms with Crippen molar-refractivity contribution in [1.82, 2.24) is 0 Å². The third kappa shape index (κ3) is 5.22. The van der Waals surface area contributed by atoms with Gasteiger partial charge in [-0.3, -0.25) is 4.99 Å². The van der Waals surface area contributed by atoms with E-state index in [0.717, 1.165) is 28.8 Å². The summed E-state index contributed by atoms with van der Waals surface area (Å²) in [6.07, 6.45) is 0.934. The predicted octanol–water partition coefficient (Wildman–Crippen LogP) is 7.40. The Morgan fingerprint density at radius 3 is 2.15 bits per heavy atom. The van der Waals surface area contributed by atoms with Gasteiger partial charge in [-0.2, -0.15) is 0 Å². The molecule has 0 amide bonds. The highest BCUT2D eigenvalue weighted by molar-refractivity contribution is 7.49. The topological polar surface area (TPSA) is 32.6 Å². The van der Waals surface area contributed by atoms with Crippen molar-refractivity contribution in [3.8, 4) is 5.75 Å². The first kappa shape index (κ1) is 25.2. The van der Waals surface area contributed by atoms with Gasteiger partial charge in [0.15, 0.2) is 0 Å². The van der Waals surface area contributed by atoms with Crippen LogP contribution in [0.2, 0.25) is 0 Å². The Morgan fingerprint density at radius 2 is 1.58 bits per heavy atom. The number of hydrogen-bond donors (Lipinski definition) is 1. The van der Waals surface area contributed by atoms with Crippen LogP contribution in [-0.4, -0.2) is 17.9 Å². The summed E-state index contributed by atoms with van der Waals surface area (Å²) >= 11 is 0. The van der Waals surface area contributed by atoms with Crippen molar-refractivity contribution in [2.45, 2.75) is 65.5 Å². The molecule has 0 bridgehead atoms. The zero-order valence-electron chi connectivity index (χ0n) is 21.4. The van der Waals surface area contributed by atoms with Gasteiger partial charge in [-0.25, -0.2) is 0 Å². The minimum atomic E-state index is -0.188. The molecule has 0 aliphatic heterocycles. The third-order valence-corrected chi connectivity index (χ3v) is 8.76. The van der Waals surface area contributed by atoms with E-state index in [2.05, 4.69) is 96.1 Å². The summed E-state index contributed by atoms with van der Waals surface area (Å²) < 4.78 is 0. The average molecular weight is 460 g/mol. The number of phenols is 1. The maximum absolute atomic E-state index is 11.2. The third-order valence-electron chi connectivity index (χ3n) is 6.67. The van der Waals surface area contributed by atoms with Crippen LogP contribution in [-0.2, 0) is 10.6 Å². The molecule has 2 unspecified atom stereocenters. The van der Waals surface area contributed by atoms with Gasteiger partial charge in [-0.1, -0.05) is 104 Å². The second-order valence-corrected chi connectivity index (χ2v) is 12.0. The molecule has 0 saturated heterocycles. The molecule has 0 aromatic heterocycles. The van der Waals surface area contributed by atoms with Crippen molar-refractivity contribution < 1.29 is 5.11 Å². The first-order chi connectivity index (χ1) is 15.5. The molecule has 0 radical (unpaired) electrons. The maximum atomic E-state index is 11.2. The van der Waals surface area contributed by atoms with Crippen LogP contribution < -0.4 is 5.30 Å². The lowest BCUT2D eigenvalue weighted by molar-refractivity contribution is 0.450. The zero-order chi connectivity index (χ0) is 24.4. The fourth-order valence-corrected chi connectivity index (χ4v) is 5.96. The van der Waals surface area contributed by atoms with Gasteiger partial charge in [0.05, 0.1) is 5.71 Å². The minimum Gasteiger partial charge on any atom is -0.507 e. The first-order valence-corrected chi connectivity index (χ1v) is 12.8. The number of benzene rings is 3. The molecule has 2 atom stereocenters. The molecule has 2 nitrogen and oxygen atoms in total. The second kappa shape index (κ2) is 9.82. The maximum Gasteiger partial charge on any atom is 0.122 e. The number of rotatable bonds is 6. The largest absolute Gasteiger partial charge is 0.507 e. The van der Waals surface area contributed by atoms with Crippen LogP contribution in [0.25, 0.3) is 0 Å². The molecule has 33 heavy (non-hydrogen) atoms. The molecule has 0 spiro atoms. The van der Waals surface area contributed by atoms with Crippen LogP contribution in [0, 0.1) is 13.8 Å². The van der Waals surface area contributed by atoms with Crippen LogP contribution >= 0.6 is 8.58 Å². The molecule has 0 aliphatic rings. The lowest BCUT2D eigenvalue weighted by atomic mass is 9.82. The lowest BCUT2D eigenvalue weighted by Gasteiger charge is -2.34. The standard InChI is InChI=1S/C30H38NOP/c1-9-30(7,25-19-23(29(4,5)6)18-21(3)27(25)32)33-28-20(2)14-13-17-24(28)26(31-8)22-15-11-10-12-16-22/h10-19,32-33H,9H2,1-8H3/b31-26+. The molecular formula is C30H38NOP. The average Bonchev–Trinajstić information content (AvgIpc) is 2.78. The van der Waals surface area contributed by atoms with Crippen molar-refractivity contribution in [2.24, 2.45) is 4.99 Å². The number of phenolic OH excluding ortho intramolecular Hbond substituents is 1. The zero-order valence-corrected chi connectivity index (χ0v) is 22.4. The van der Waals surface area contributed by atoms with Crippen LogP contribution in [0.15, 0.2) is 65.7 Å². The molecule has 0 heterocycles. The van der Waals surface area contributed by atoms with Crippen LogP contribution in [0.3, 0.4) is 0 Å². The highest BCUT2D eigenvalue weighted by atomic mass is 31.1. The first-order valence-electron chi connectivity index (χ1n) is 11.8. The monoisotopic (exact) mass is 459 g/mol. The molecule has 3 rings (SSSR count). The Hall–Kier alpha value is -2.44. The van der Waals surface area contributed by atoms with Gasteiger partial charge in [0.1, 0.15) is 5.75 Å². The number of aromatic hydroxyl groups is 1. The molecule has 3 aromatic carbocycles. The summed E-state index contributed by atoms with van der Waals surface area (Å²) in [7, 11) is 2.37. The predicted molar refractivity (Wildman–Crippen MR) is 146 cm³/mol. The second-order valence-electron chi connectivity index (χ2n) is 10.2. The number of hydrogen-bond acceptors (Lipinski definition) is 2. The molecule has 3 aromatic rings. The summed E-state index contributed by atoms with van der Waals surface area (Å²) in [6, 6.07) is 21.3. The quantitative estimate of drug-likeness (QED) is 0.302. The highest BCUT2D eigenvalue weighted by Gasteiger charge is 2.32. The minimum absolute atomic E-state index is 0.0220. The summed E-state index contributed by atoms with van der Waals surface area (Å²) in [5.41, 5.74) is 7.89. The van der Waals surface area contributed by atoms with Gasteiger partial charge in [0.2, 0.25) is 0 Å². The van der Waals surface area contributed by atoms with E-state index < -0.39 is 0 Å². The fraction of sp³-hybridized carbons (Fsp3) is 0.367. The van der Waals surface area contributed by atoms with E-state index in [4.69, 9.17) is 4.99 Å². The smallest absolute Gasteiger partial charge is 0.122 e. The van der Waals surface area contributed by atoms with E-state index in [1.165, 1.54) is 22.0 Å². The van der Waals surface area contributed by atoms with E-state index in [1.807, 2.05) is 20.0 Å². The molecule has 174 valence electrons. The SMILES string of the molecule is CCC(C)(Pc1c(C)cccc1/C(=N/C)c1ccccc1)c1cc(C(C)(C)C)cc(C)c1O. The summed E-state index contributed by atoms with van der Waals surface area (Å²) in [5, 5.41) is 12.3. The van der Waals surface area contributed by atoms with E-state index >= 15 is 0 Å². The summed E-state index contributed by atoms with van der Waals surface area (Å²) in [5.74, 6) is 0.433. The van der Waals surface area contributed by atoms with Crippen LogP contribution in [0.4, 0.5) is 0 Å². The molecule has 1 N–H and O–H groups in total. The van der Waals surface area contributed by atoms with Gasteiger partial charge in [-0.15, -0.1) is 0 Å². The van der Waals surface area contributed by atoms with Crippen molar-refractivity contribution in [3.05, 3.63) is 94.0 Å². The van der Waals surface area contributed by atoms with E-state index in [9.17, 15) is 5.11 Å². The number of nitrogens with zero attached hydrogens (tertiary/aromatic N) is 1. The van der Waals surface area contributed by atoms with Gasteiger partial charge in [0, 0.05) is 28.9 Å². The van der Waals surface area contributed by atoms with Crippen LogP contribution in [0.1, 0.15) is 74.4 Å². The Labute approximate surface area is 202 Å². The Balaban J connectivity index is 2.18. The Kier molecular flexibility index (Phi) is 7.49. The van der Waals surface area contributed by atoms with E-state index in [-0.39, 0.29) is 10.6 Å². The molecule has 0 saturated carbocycles. The highest BCUT2D eigenvalue weighted by Crippen LogP contribution is 2.49. The number of aryl methyl sites for hydroxylation is 2. The van der Waals surface area contributed by atoms with Gasteiger partial charge < -0.3 is 5.11 Å². The normalized spacial score (nSPS) is 14.6. The Bertz CT molecular complexity index is 1160. The molecular weight excluding hydrogens is 421 g/mol. The molecule has 0 fully saturated rings. The van der Waals surface area contributed by atoms with E-state index in [1.54, 1.807) is 0 Å². The van der Waals surface area contributed by atoms with Gasteiger partial charge in [-0.05, 0) is 47.7 Å². The van der Waals surface area contributed by atoms with Crippen molar-refractivity contribution in [3.63, 3.8) is 0 Å². The van der Waals surface area contributed by atoms with Gasteiger partial charge >= 0.3 is 0 Å². The summed E-state index contributed by atoms with van der Waals surface area (Å²) in [6.45, 7) is 15.4. The molecule has 3 heteroatoms. The van der Waals surface area contributed by atoms with Crippen molar-refractivity contribution in [2.75, 3.05) is 7.05 Å². The van der Waals surface area contributed by atoms with Crippen molar-refractivity contribution in [1.29, 1.82) is 0 Å².